The van der Waals surface area contributed by atoms with Crippen LogP contribution >= 0.6 is 0 Å². The molecule has 9 nitrogen and oxygen atoms in total. The second-order valence-corrected chi connectivity index (χ2v) is 12.6. The van der Waals surface area contributed by atoms with E-state index in [1.54, 1.807) is 13.2 Å². The fourth-order valence-corrected chi connectivity index (χ4v) is 9.45. The number of phenols is 1. The third-order valence-electron chi connectivity index (χ3n) is 11.1. The number of ether oxygens (including phenoxy) is 2. The van der Waals surface area contributed by atoms with Crippen molar-refractivity contribution < 1.29 is 24.2 Å². The number of hydrogen-bond acceptors (Lipinski definition) is 7. The first-order valence-corrected chi connectivity index (χ1v) is 13.9. The number of methoxy groups -OCH3 is 1. The van der Waals surface area contributed by atoms with Crippen molar-refractivity contribution in [1.82, 2.24) is 10.2 Å². The minimum Gasteiger partial charge on any atom is -0.504 e. The minimum atomic E-state index is -0.962. The van der Waals surface area contributed by atoms with E-state index >= 15 is 0 Å². The topological polar surface area (TPSA) is 140 Å². The number of piperidine rings is 1. The quantitative estimate of drug-likeness (QED) is 0.408. The maximum Gasteiger partial charge on any atom is 0.237 e. The summed E-state index contributed by atoms with van der Waals surface area (Å²) in [7, 11) is 1.76. The molecule has 37 heavy (non-hydrogen) atoms. The number of primary amides is 1. The summed E-state index contributed by atoms with van der Waals surface area (Å²) in [4.78, 5) is 26.8. The number of amides is 2. The molecule has 2 aliphatic heterocycles. The average Bonchev–Trinajstić information content (AvgIpc) is 3.62. The van der Waals surface area contributed by atoms with Crippen molar-refractivity contribution in [2.75, 3.05) is 26.7 Å². The Morgan fingerprint density at radius 1 is 1.30 bits per heavy atom. The molecule has 200 valence electrons. The Labute approximate surface area is 217 Å². The third-order valence-corrected chi connectivity index (χ3v) is 11.1. The number of aromatic hydroxyl groups is 1. The lowest BCUT2D eigenvalue weighted by Crippen LogP contribution is -2.81. The van der Waals surface area contributed by atoms with Gasteiger partial charge in [0.1, 0.15) is 11.7 Å². The molecule has 1 aromatic carbocycles. The summed E-state index contributed by atoms with van der Waals surface area (Å²) in [5, 5.41) is 13.9. The first-order valence-electron chi connectivity index (χ1n) is 13.9. The second-order valence-electron chi connectivity index (χ2n) is 12.6. The van der Waals surface area contributed by atoms with E-state index in [1.165, 1.54) is 24.0 Å². The summed E-state index contributed by atoms with van der Waals surface area (Å²) in [6, 6.07) is 3.35. The van der Waals surface area contributed by atoms with E-state index in [4.69, 9.17) is 20.9 Å². The molecule has 6 N–H and O–H groups in total. The number of nitrogens with two attached hydrogens (primary N) is 2. The van der Waals surface area contributed by atoms with Crippen LogP contribution < -0.4 is 21.5 Å². The van der Waals surface area contributed by atoms with Gasteiger partial charge in [-0.15, -0.1) is 0 Å². The Kier molecular flexibility index (Phi) is 5.02. The summed E-state index contributed by atoms with van der Waals surface area (Å²) in [5.41, 5.74) is 12.9. The van der Waals surface area contributed by atoms with Crippen molar-refractivity contribution in [3.05, 3.63) is 23.3 Å². The van der Waals surface area contributed by atoms with E-state index < -0.39 is 17.6 Å². The molecule has 0 aromatic heterocycles. The highest BCUT2D eigenvalue weighted by molar-refractivity contribution is 5.87. The van der Waals surface area contributed by atoms with Crippen LogP contribution in [0.15, 0.2) is 12.1 Å². The molecular weight excluding hydrogens is 472 g/mol. The number of hydrogen-bond donors (Lipinski definition) is 4. The molecule has 0 unspecified atom stereocenters. The van der Waals surface area contributed by atoms with Gasteiger partial charge in [-0.25, -0.2) is 0 Å². The first kappa shape index (κ1) is 23.7. The van der Waals surface area contributed by atoms with Crippen molar-refractivity contribution in [1.29, 1.82) is 0 Å². The van der Waals surface area contributed by atoms with Gasteiger partial charge in [0.05, 0.1) is 12.5 Å². The Bertz CT molecular complexity index is 1170. The van der Waals surface area contributed by atoms with E-state index in [2.05, 4.69) is 16.3 Å². The van der Waals surface area contributed by atoms with Gasteiger partial charge in [0.15, 0.2) is 11.5 Å². The second kappa shape index (κ2) is 7.83. The molecule has 8 rings (SSSR count). The van der Waals surface area contributed by atoms with Crippen molar-refractivity contribution in [2.45, 2.75) is 80.6 Å². The standard InChI is InChI=1S/C28H38N4O5/c1-36-28-7-6-26(12-17(28)13-31-24(35)18(29)11-21(30)34)20-10-16-4-5-19(33)23-22(16)27(26,25(28)37-23)8-9-32(20)14-15-2-3-15/h4-5,15,17-18,20,25,33H,2-3,6-14,29H2,1H3,(H2,30,34)(H,31,35)/t17-,18+,20-,25-,26-,27+,28-/m1/s1. The summed E-state index contributed by atoms with van der Waals surface area (Å²) < 4.78 is 13.2. The number of rotatable bonds is 8. The number of likely N-dealkylation sites (tertiary alicyclic amines) is 1. The van der Waals surface area contributed by atoms with Crippen LogP contribution in [0.3, 0.4) is 0 Å². The number of carbonyl (C=O) groups excluding carboxylic acids is 2. The number of carbonyl (C=O) groups is 2. The van der Waals surface area contributed by atoms with E-state index in [0.29, 0.717) is 18.3 Å². The molecule has 2 spiro atoms. The molecule has 2 amide bonds. The lowest BCUT2D eigenvalue weighted by atomic mass is 9.35. The highest BCUT2D eigenvalue weighted by Crippen LogP contribution is 2.76. The summed E-state index contributed by atoms with van der Waals surface area (Å²) >= 11 is 0. The average molecular weight is 511 g/mol. The molecule has 5 fully saturated rings. The number of benzene rings is 1. The lowest BCUT2D eigenvalue weighted by Gasteiger charge is -2.74. The highest BCUT2D eigenvalue weighted by Gasteiger charge is 2.80. The van der Waals surface area contributed by atoms with E-state index in [9.17, 15) is 14.7 Å². The summed E-state index contributed by atoms with van der Waals surface area (Å²) in [6.07, 6.45) is 7.04. The Morgan fingerprint density at radius 2 is 2.11 bits per heavy atom. The molecule has 4 saturated carbocycles. The largest absolute Gasteiger partial charge is 0.504 e. The fraction of sp³-hybridized carbons (Fsp3) is 0.714. The SMILES string of the molecule is CO[C@]12CC[C@@]3(C[C@@H]1CNC(=O)[C@@H](N)CC(N)=O)[C@H]1Cc4ccc(O)c5c4[C@@]3(CCN1CC1CC1)[C@H]2O5. The van der Waals surface area contributed by atoms with Crippen LogP contribution in [0.5, 0.6) is 11.5 Å². The Balaban J connectivity index is 1.29. The van der Waals surface area contributed by atoms with Crippen LogP contribution in [0.2, 0.25) is 0 Å². The van der Waals surface area contributed by atoms with Gasteiger partial charge < -0.3 is 31.4 Å². The lowest BCUT2D eigenvalue weighted by molar-refractivity contribution is -0.276. The van der Waals surface area contributed by atoms with Crippen molar-refractivity contribution >= 4 is 11.8 Å². The third kappa shape index (κ3) is 2.96. The molecule has 1 saturated heterocycles. The van der Waals surface area contributed by atoms with Crippen LogP contribution in [0.25, 0.3) is 0 Å². The van der Waals surface area contributed by atoms with Gasteiger partial charge in [0, 0.05) is 48.6 Å². The molecule has 0 radical (unpaired) electrons. The predicted octanol–water partition coefficient (Wildman–Crippen LogP) is 0.936. The van der Waals surface area contributed by atoms with Gasteiger partial charge in [0.2, 0.25) is 11.8 Å². The van der Waals surface area contributed by atoms with E-state index in [1.807, 2.05) is 0 Å². The minimum absolute atomic E-state index is 0.0120. The smallest absolute Gasteiger partial charge is 0.237 e. The van der Waals surface area contributed by atoms with Gasteiger partial charge in [0.25, 0.3) is 0 Å². The normalized spacial score (nSPS) is 39.6. The first-order chi connectivity index (χ1) is 17.8. The summed E-state index contributed by atoms with van der Waals surface area (Å²) in [5.74, 6) is 0.739. The van der Waals surface area contributed by atoms with Gasteiger partial charge >= 0.3 is 0 Å². The van der Waals surface area contributed by atoms with Gasteiger partial charge in [-0.05, 0) is 69.0 Å². The van der Waals surface area contributed by atoms with Gasteiger partial charge in [-0.1, -0.05) is 6.07 Å². The molecule has 4 bridgehead atoms. The Hall–Kier alpha value is -2.36. The van der Waals surface area contributed by atoms with Gasteiger partial charge in [-0.3, -0.25) is 14.5 Å². The molecule has 1 aromatic rings. The molecule has 7 aliphatic rings. The zero-order valence-corrected chi connectivity index (χ0v) is 21.5. The number of fused-ring (bicyclic) bond motifs is 2. The van der Waals surface area contributed by atoms with E-state index in [0.717, 1.165) is 51.1 Å². The van der Waals surface area contributed by atoms with Crippen molar-refractivity contribution in [3.63, 3.8) is 0 Å². The fourth-order valence-electron chi connectivity index (χ4n) is 9.45. The van der Waals surface area contributed by atoms with Crippen LogP contribution in [0.1, 0.15) is 56.1 Å². The number of nitrogens with zero attached hydrogens (tertiary/aromatic N) is 1. The Morgan fingerprint density at radius 3 is 2.84 bits per heavy atom. The van der Waals surface area contributed by atoms with Crippen molar-refractivity contribution in [3.8, 4) is 11.5 Å². The molecular formula is C28H38N4O5. The van der Waals surface area contributed by atoms with Crippen LogP contribution in [0.4, 0.5) is 0 Å². The monoisotopic (exact) mass is 510 g/mol. The molecule has 9 heteroatoms. The predicted molar refractivity (Wildman–Crippen MR) is 135 cm³/mol. The van der Waals surface area contributed by atoms with Crippen LogP contribution in [-0.2, 0) is 26.2 Å². The number of nitrogens with one attached hydrogen (secondary N) is 1. The maximum absolute atomic E-state index is 12.7. The van der Waals surface area contributed by atoms with Gasteiger partial charge in [-0.2, -0.15) is 0 Å². The maximum atomic E-state index is 12.7. The molecule has 5 aliphatic carbocycles. The molecule has 2 heterocycles. The zero-order chi connectivity index (χ0) is 25.7. The molecule has 7 atom stereocenters. The number of phenolic OH excluding ortho intramolecular Hbond substituents is 1. The van der Waals surface area contributed by atoms with Crippen molar-refractivity contribution in [2.24, 2.45) is 28.7 Å². The summed E-state index contributed by atoms with van der Waals surface area (Å²) in [6.45, 7) is 2.61. The highest BCUT2D eigenvalue weighted by atomic mass is 16.6. The van der Waals surface area contributed by atoms with Crippen LogP contribution in [-0.4, -0.2) is 72.4 Å². The zero-order valence-electron chi connectivity index (χ0n) is 21.5. The van der Waals surface area contributed by atoms with Crippen LogP contribution in [0, 0.1) is 17.3 Å². The van der Waals surface area contributed by atoms with E-state index in [-0.39, 0.29) is 40.9 Å².